The van der Waals surface area contributed by atoms with Crippen molar-refractivity contribution in [1.82, 2.24) is 0 Å². The Bertz CT molecular complexity index is 577. The van der Waals surface area contributed by atoms with Crippen molar-refractivity contribution in [2.45, 2.75) is 26.4 Å². The first-order valence-electron chi connectivity index (χ1n) is 7.09. The van der Waals surface area contributed by atoms with Crippen LogP contribution in [0, 0.1) is 0 Å². The van der Waals surface area contributed by atoms with E-state index < -0.39 is 0 Å². The second kappa shape index (κ2) is 7.02. The first-order chi connectivity index (χ1) is 10.1. The van der Waals surface area contributed by atoms with Gasteiger partial charge in [0.05, 0.1) is 20.3 Å². The summed E-state index contributed by atoms with van der Waals surface area (Å²) in [5.74, 6) is 2.27. The van der Waals surface area contributed by atoms with Crippen molar-refractivity contribution in [2.24, 2.45) is 0 Å². The molecule has 2 rings (SSSR count). The van der Waals surface area contributed by atoms with Crippen LogP contribution in [0.1, 0.15) is 25.0 Å². The van der Waals surface area contributed by atoms with E-state index in [1.807, 2.05) is 44.2 Å². The maximum Gasteiger partial charge on any atom is 0.165 e. The average molecular weight is 286 g/mol. The summed E-state index contributed by atoms with van der Waals surface area (Å²) in [5.41, 5.74) is 2.28. The van der Waals surface area contributed by atoms with Crippen LogP contribution in [0.15, 0.2) is 42.5 Å². The molecule has 2 aromatic carbocycles. The predicted molar refractivity (Wildman–Crippen MR) is 84.6 cm³/mol. The Labute approximate surface area is 126 Å². The molecule has 0 saturated heterocycles. The van der Waals surface area contributed by atoms with E-state index in [0.717, 1.165) is 29.2 Å². The van der Waals surface area contributed by atoms with Crippen molar-refractivity contribution in [3.63, 3.8) is 0 Å². The van der Waals surface area contributed by atoms with Crippen LogP contribution in [-0.4, -0.2) is 20.3 Å². The Kier molecular flexibility index (Phi) is 5.09. The molecule has 0 aliphatic rings. The maximum atomic E-state index is 5.85. The fourth-order valence-electron chi connectivity index (χ4n) is 2.27. The summed E-state index contributed by atoms with van der Waals surface area (Å²) in [5, 5.41) is 0. The molecule has 112 valence electrons. The lowest BCUT2D eigenvalue weighted by Crippen LogP contribution is -2.08. The fraction of sp³-hybridized carbons (Fsp3) is 0.333. The van der Waals surface area contributed by atoms with Crippen molar-refractivity contribution < 1.29 is 14.2 Å². The van der Waals surface area contributed by atoms with Gasteiger partial charge in [-0.25, -0.2) is 0 Å². The Balaban J connectivity index is 2.42. The molecule has 0 bridgehead atoms. The Hall–Kier alpha value is -2.16. The van der Waals surface area contributed by atoms with Gasteiger partial charge in [-0.3, -0.25) is 0 Å². The lowest BCUT2D eigenvalue weighted by Gasteiger charge is -2.18. The van der Waals surface area contributed by atoms with Gasteiger partial charge in [0, 0.05) is 18.1 Å². The lowest BCUT2D eigenvalue weighted by molar-refractivity contribution is 0.228. The summed E-state index contributed by atoms with van der Waals surface area (Å²) in [6.07, 6.45) is 0.853. The summed E-state index contributed by atoms with van der Waals surface area (Å²) in [6, 6.07) is 14.1. The standard InChI is InChI=1S/C18H22O3/c1-13(2)21-17-12-16(19-3)11-15(18(17)20-4)10-14-8-6-5-7-9-14/h5-9,11-13H,10H2,1-4H3. The average Bonchev–Trinajstić information content (AvgIpc) is 2.47. The van der Waals surface area contributed by atoms with Crippen LogP contribution >= 0.6 is 0 Å². The molecule has 2 aromatic rings. The molecule has 0 atom stereocenters. The molecule has 0 unspecified atom stereocenters. The SMILES string of the molecule is COc1cc(Cc2ccccc2)c(OC)c(OC(C)C)c1. The van der Waals surface area contributed by atoms with Gasteiger partial charge in [-0.15, -0.1) is 0 Å². The Morgan fingerprint density at radius 3 is 2.24 bits per heavy atom. The van der Waals surface area contributed by atoms with Gasteiger partial charge < -0.3 is 14.2 Å². The molecular formula is C18H22O3. The van der Waals surface area contributed by atoms with E-state index in [1.54, 1.807) is 14.2 Å². The summed E-state index contributed by atoms with van der Waals surface area (Å²) in [7, 11) is 3.33. The second-order valence-corrected chi connectivity index (χ2v) is 5.15. The molecule has 3 heteroatoms. The highest BCUT2D eigenvalue weighted by Crippen LogP contribution is 2.37. The zero-order valence-corrected chi connectivity index (χ0v) is 13.1. The van der Waals surface area contributed by atoms with Gasteiger partial charge >= 0.3 is 0 Å². The quantitative estimate of drug-likeness (QED) is 0.800. The summed E-state index contributed by atoms with van der Waals surface area (Å²) < 4.78 is 16.8. The lowest BCUT2D eigenvalue weighted by atomic mass is 10.0. The third-order valence-electron chi connectivity index (χ3n) is 3.15. The molecule has 21 heavy (non-hydrogen) atoms. The van der Waals surface area contributed by atoms with Gasteiger partial charge in [0.25, 0.3) is 0 Å². The minimum atomic E-state index is 0.0792. The van der Waals surface area contributed by atoms with Gasteiger partial charge in [-0.1, -0.05) is 30.3 Å². The number of benzene rings is 2. The molecule has 0 saturated carbocycles. The summed E-state index contributed by atoms with van der Waals surface area (Å²) >= 11 is 0. The van der Waals surface area contributed by atoms with Crippen LogP contribution in [0.4, 0.5) is 0 Å². The van der Waals surface area contributed by atoms with E-state index in [0.29, 0.717) is 0 Å². The van der Waals surface area contributed by atoms with Gasteiger partial charge in [-0.05, 0) is 25.5 Å². The molecule has 0 N–H and O–H groups in total. The van der Waals surface area contributed by atoms with Crippen molar-refractivity contribution in [1.29, 1.82) is 0 Å². The third kappa shape index (κ3) is 3.91. The van der Waals surface area contributed by atoms with E-state index in [-0.39, 0.29) is 6.10 Å². The van der Waals surface area contributed by atoms with E-state index in [4.69, 9.17) is 14.2 Å². The van der Waals surface area contributed by atoms with Crippen LogP contribution in [0.3, 0.4) is 0 Å². The molecular weight excluding hydrogens is 264 g/mol. The number of methoxy groups -OCH3 is 2. The highest BCUT2D eigenvalue weighted by molar-refractivity contribution is 5.53. The minimum absolute atomic E-state index is 0.0792. The molecule has 0 aliphatic carbocycles. The smallest absolute Gasteiger partial charge is 0.165 e. The summed E-state index contributed by atoms with van der Waals surface area (Å²) in [4.78, 5) is 0. The zero-order chi connectivity index (χ0) is 15.2. The van der Waals surface area contributed by atoms with Crippen LogP contribution in [0.5, 0.6) is 17.2 Å². The van der Waals surface area contributed by atoms with E-state index >= 15 is 0 Å². The third-order valence-corrected chi connectivity index (χ3v) is 3.15. The van der Waals surface area contributed by atoms with Crippen molar-refractivity contribution in [3.05, 3.63) is 53.6 Å². The van der Waals surface area contributed by atoms with E-state index in [9.17, 15) is 0 Å². The summed E-state index contributed by atoms with van der Waals surface area (Å²) in [6.45, 7) is 3.99. The zero-order valence-electron chi connectivity index (χ0n) is 13.1. The van der Waals surface area contributed by atoms with Crippen molar-refractivity contribution in [2.75, 3.05) is 14.2 Å². The highest BCUT2D eigenvalue weighted by atomic mass is 16.5. The first kappa shape index (κ1) is 15.2. The van der Waals surface area contributed by atoms with Crippen LogP contribution in [-0.2, 0) is 6.42 Å². The number of rotatable bonds is 6. The molecule has 0 amide bonds. The topological polar surface area (TPSA) is 27.7 Å². The normalized spacial score (nSPS) is 10.5. The van der Waals surface area contributed by atoms with E-state index in [1.165, 1.54) is 5.56 Å². The number of ether oxygens (including phenoxy) is 3. The maximum absolute atomic E-state index is 5.85. The van der Waals surface area contributed by atoms with Crippen LogP contribution < -0.4 is 14.2 Å². The number of hydrogen-bond donors (Lipinski definition) is 0. The Morgan fingerprint density at radius 1 is 0.952 bits per heavy atom. The van der Waals surface area contributed by atoms with Crippen LogP contribution in [0.2, 0.25) is 0 Å². The van der Waals surface area contributed by atoms with Crippen molar-refractivity contribution in [3.8, 4) is 17.2 Å². The second-order valence-electron chi connectivity index (χ2n) is 5.15. The molecule has 0 aromatic heterocycles. The minimum Gasteiger partial charge on any atom is -0.497 e. The molecule has 0 aliphatic heterocycles. The largest absolute Gasteiger partial charge is 0.497 e. The fourth-order valence-corrected chi connectivity index (χ4v) is 2.27. The highest BCUT2D eigenvalue weighted by Gasteiger charge is 2.15. The van der Waals surface area contributed by atoms with E-state index in [2.05, 4.69) is 12.1 Å². The Morgan fingerprint density at radius 2 is 1.67 bits per heavy atom. The van der Waals surface area contributed by atoms with Gasteiger partial charge in [0.1, 0.15) is 5.75 Å². The predicted octanol–water partition coefficient (Wildman–Crippen LogP) is 4.08. The first-order valence-corrected chi connectivity index (χ1v) is 7.09. The monoisotopic (exact) mass is 286 g/mol. The molecule has 0 spiro atoms. The van der Waals surface area contributed by atoms with Crippen molar-refractivity contribution >= 4 is 0 Å². The van der Waals surface area contributed by atoms with Gasteiger partial charge in [0.15, 0.2) is 11.5 Å². The molecule has 0 heterocycles. The van der Waals surface area contributed by atoms with Gasteiger partial charge in [0.2, 0.25) is 0 Å². The molecule has 0 fully saturated rings. The van der Waals surface area contributed by atoms with Crippen LogP contribution in [0.25, 0.3) is 0 Å². The molecule has 3 nitrogen and oxygen atoms in total. The number of hydrogen-bond acceptors (Lipinski definition) is 3. The van der Waals surface area contributed by atoms with Gasteiger partial charge in [-0.2, -0.15) is 0 Å². The molecule has 0 radical (unpaired) electrons.